The van der Waals surface area contributed by atoms with Gasteiger partial charge in [0.25, 0.3) is 0 Å². The topological polar surface area (TPSA) is 51.8 Å². The van der Waals surface area contributed by atoms with E-state index >= 15 is 0 Å². The minimum atomic E-state index is 0.807. The Hall–Kier alpha value is -1.36. The fraction of sp³-hybridized carbons (Fsp3) is 0.462. The summed E-state index contributed by atoms with van der Waals surface area (Å²) in [5.41, 5.74) is 4.21. The second-order valence-corrected chi connectivity index (χ2v) is 5.18. The second kappa shape index (κ2) is 5.52. The summed E-state index contributed by atoms with van der Waals surface area (Å²) < 4.78 is 5.22. The van der Waals surface area contributed by atoms with Crippen LogP contribution in [0.3, 0.4) is 0 Å². The molecule has 2 heterocycles. The molecular formula is C13H17N3OS. The number of thioether (sulfide) groups is 1. The Morgan fingerprint density at radius 2 is 1.83 bits per heavy atom. The predicted octanol–water partition coefficient (Wildman–Crippen LogP) is 3.24. The molecule has 0 aromatic carbocycles. The summed E-state index contributed by atoms with van der Waals surface area (Å²) in [4.78, 5) is 8.84. The van der Waals surface area contributed by atoms with Crippen molar-refractivity contribution in [2.75, 3.05) is 0 Å². The third-order valence-electron chi connectivity index (χ3n) is 2.71. The molecule has 0 spiro atoms. The van der Waals surface area contributed by atoms with E-state index in [9.17, 15) is 0 Å². The van der Waals surface area contributed by atoms with Gasteiger partial charge in [-0.1, -0.05) is 23.8 Å². The van der Waals surface area contributed by atoms with Gasteiger partial charge in [-0.05, 0) is 33.3 Å². The largest absolute Gasteiger partial charge is 0.361 e. The highest BCUT2D eigenvalue weighted by atomic mass is 32.2. The number of rotatable bonds is 4. The highest BCUT2D eigenvalue weighted by Gasteiger charge is 2.12. The summed E-state index contributed by atoms with van der Waals surface area (Å²) in [6.45, 7) is 8.00. The monoisotopic (exact) mass is 263 g/mol. The first-order valence-corrected chi connectivity index (χ1v) is 6.97. The van der Waals surface area contributed by atoms with Crippen LogP contribution in [0.2, 0.25) is 0 Å². The molecule has 0 unspecified atom stereocenters. The number of aryl methyl sites for hydroxylation is 4. The van der Waals surface area contributed by atoms with Crippen molar-refractivity contribution in [3.05, 3.63) is 34.5 Å². The minimum Gasteiger partial charge on any atom is -0.361 e. The van der Waals surface area contributed by atoms with Gasteiger partial charge in [-0.15, -0.1) is 0 Å². The van der Waals surface area contributed by atoms with E-state index in [4.69, 9.17) is 4.52 Å². The molecule has 0 amide bonds. The lowest BCUT2D eigenvalue weighted by atomic mass is 10.2. The maximum Gasteiger partial charge on any atom is 0.188 e. The van der Waals surface area contributed by atoms with E-state index in [1.54, 1.807) is 11.8 Å². The maximum absolute atomic E-state index is 5.22. The molecule has 4 nitrogen and oxygen atoms in total. The molecule has 0 bridgehead atoms. The molecule has 5 heteroatoms. The number of hydrogen-bond acceptors (Lipinski definition) is 5. The van der Waals surface area contributed by atoms with E-state index in [0.29, 0.717) is 0 Å². The Morgan fingerprint density at radius 1 is 1.17 bits per heavy atom. The Bertz CT molecular complexity index is 531. The molecule has 0 aliphatic heterocycles. The van der Waals surface area contributed by atoms with Crippen molar-refractivity contribution in [3.8, 4) is 0 Å². The summed E-state index contributed by atoms with van der Waals surface area (Å²) in [5, 5.41) is 4.87. The number of hydrogen-bond donors (Lipinski definition) is 0. The first-order valence-electron chi connectivity index (χ1n) is 5.99. The summed E-state index contributed by atoms with van der Waals surface area (Å²) in [5.74, 6) is 1.70. The molecule has 0 fully saturated rings. The SMILES string of the molecule is CCc1noc(C)c1CSc1nc(C)cc(C)n1. The van der Waals surface area contributed by atoms with Crippen molar-refractivity contribution >= 4 is 11.8 Å². The standard InChI is InChI=1S/C13H17N3OS/c1-5-12-11(10(4)17-16-12)7-18-13-14-8(2)6-9(3)15-13/h6H,5,7H2,1-4H3. The molecule has 2 aromatic heterocycles. The van der Waals surface area contributed by atoms with Crippen LogP contribution in [-0.4, -0.2) is 15.1 Å². The quantitative estimate of drug-likeness (QED) is 0.626. The van der Waals surface area contributed by atoms with Crippen molar-refractivity contribution in [2.45, 2.75) is 45.0 Å². The van der Waals surface area contributed by atoms with Crippen molar-refractivity contribution in [1.82, 2.24) is 15.1 Å². The second-order valence-electron chi connectivity index (χ2n) is 4.24. The zero-order chi connectivity index (χ0) is 13.1. The minimum absolute atomic E-state index is 0.807. The lowest BCUT2D eigenvalue weighted by molar-refractivity contribution is 0.390. The van der Waals surface area contributed by atoms with Crippen LogP contribution in [-0.2, 0) is 12.2 Å². The van der Waals surface area contributed by atoms with Crippen LogP contribution in [0.1, 0.15) is 35.3 Å². The smallest absolute Gasteiger partial charge is 0.188 e. The Kier molecular flexibility index (Phi) is 4.01. The average molecular weight is 263 g/mol. The van der Waals surface area contributed by atoms with Gasteiger partial charge in [-0.25, -0.2) is 9.97 Å². The van der Waals surface area contributed by atoms with E-state index in [-0.39, 0.29) is 0 Å². The van der Waals surface area contributed by atoms with Crippen molar-refractivity contribution in [3.63, 3.8) is 0 Å². The third kappa shape index (κ3) is 2.90. The van der Waals surface area contributed by atoms with Crippen LogP contribution >= 0.6 is 11.8 Å². The Labute approximate surface area is 111 Å². The average Bonchev–Trinajstić information content (AvgIpc) is 2.66. The Balaban J connectivity index is 2.13. The fourth-order valence-electron chi connectivity index (χ4n) is 1.79. The molecular weight excluding hydrogens is 246 g/mol. The van der Waals surface area contributed by atoms with Gasteiger partial charge in [-0.3, -0.25) is 0 Å². The lowest BCUT2D eigenvalue weighted by Crippen LogP contribution is -1.95. The van der Waals surface area contributed by atoms with E-state index in [2.05, 4.69) is 22.0 Å². The van der Waals surface area contributed by atoms with Gasteiger partial charge < -0.3 is 4.52 Å². The zero-order valence-electron chi connectivity index (χ0n) is 11.1. The first-order chi connectivity index (χ1) is 8.60. The van der Waals surface area contributed by atoms with Crippen LogP contribution in [0.4, 0.5) is 0 Å². The highest BCUT2D eigenvalue weighted by molar-refractivity contribution is 7.98. The fourth-order valence-corrected chi connectivity index (χ4v) is 2.86. The summed E-state index contributed by atoms with van der Waals surface area (Å²) in [6, 6.07) is 1.98. The van der Waals surface area contributed by atoms with E-state index in [1.165, 1.54) is 5.56 Å². The van der Waals surface area contributed by atoms with Crippen LogP contribution in [0.5, 0.6) is 0 Å². The van der Waals surface area contributed by atoms with Gasteiger partial charge in [0.2, 0.25) is 0 Å². The van der Waals surface area contributed by atoms with Gasteiger partial charge in [0.1, 0.15) is 5.76 Å². The molecule has 0 aliphatic carbocycles. The van der Waals surface area contributed by atoms with E-state index in [1.807, 2.05) is 26.8 Å². The normalized spacial score (nSPS) is 10.9. The van der Waals surface area contributed by atoms with Crippen molar-refractivity contribution in [2.24, 2.45) is 0 Å². The molecule has 2 rings (SSSR count). The summed E-state index contributed by atoms with van der Waals surface area (Å²) >= 11 is 1.63. The first kappa shape index (κ1) is 13.1. The number of aromatic nitrogens is 3. The lowest BCUT2D eigenvalue weighted by Gasteiger charge is -2.03. The third-order valence-corrected chi connectivity index (χ3v) is 3.58. The predicted molar refractivity (Wildman–Crippen MR) is 71.7 cm³/mol. The molecule has 0 radical (unpaired) electrons. The molecule has 0 atom stereocenters. The van der Waals surface area contributed by atoms with Crippen LogP contribution in [0, 0.1) is 20.8 Å². The van der Waals surface area contributed by atoms with E-state index < -0.39 is 0 Å². The van der Waals surface area contributed by atoms with Gasteiger partial charge in [0.15, 0.2) is 5.16 Å². The molecule has 0 N–H and O–H groups in total. The van der Waals surface area contributed by atoms with Crippen molar-refractivity contribution < 1.29 is 4.52 Å². The molecule has 2 aromatic rings. The van der Waals surface area contributed by atoms with Gasteiger partial charge >= 0.3 is 0 Å². The van der Waals surface area contributed by atoms with Crippen LogP contribution < -0.4 is 0 Å². The maximum atomic E-state index is 5.22. The molecule has 96 valence electrons. The molecule has 0 aliphatic rings. The number of nitrogens with zero attached hydrogens (tertiary/aromatic N) is 3. The van der Waals surface area contributed by atoms with E-state index in [0.717, 1.165) is 40.2 Å². The van der Waals surface area contributed by atoms with Crippen molar-refractivity contribution in [1.29, 1.82) is 0 Å². The summed E-state index contributed by atoms with van der Waals surface area (Å²) in [6.07, 6.45) is 0.890. The zero-order valence-corrected chi connectivity index (χ0v) is 12.0. The molecule has 18 heavy (non-hydrogen) atoms. The van der Waals surface area contributed by atoms with Crippen LogP contribution in [0.25, 0.3) is 0 Å². The van der Waals surface area contributed by atoms with Crippen LogP contribution in [0.15, 0.2) is 15.7 Å². The Morgan fingerprint density at radius 3 is 2.44 bits per heavy atom. The highest BCUT2D eigenvalue weighted by Crippen LogP contribution is 2.24. The van der Waals surface area contributed by atoms with Gasteiger partial charge in [-0.2, -0.15) is 0 Å². The molecule has 0 saturated carbocycles. The summed E-state index contributed by atoms with van der Waals surface area (Å²) in [7, 11) is 0. The van der Waals surface area contributed by atoms with Gasteiger partial charge in [0, 0.05) is 22.7 Å². The van der Waals surface area contributed by atoms with Gasteiger partial charge in [0.05, 0.1) is 5.69 Å². The molecule has 0 saturated heterocycles.